The van der Waals surface area contributed by atoms with Crippen LogP contribution in [0.25, 0.3) is 0 Å². The molecule has 0 aliphatic carbocycles. The molecule has 0 spiro atoms. The van der Waals surface area contributed by atoms with Crippen LogP contribution in [0.5, 0.6) is 0 Å². The molecule has 1 heterocycles. The molecule has 1 aromatic carbocycles. The Bertz CT molecular complexity index is 436. The predicted molar refractivity (Wildman–Crippen MR) is 73.3 cm³/mol. The highest BCUT2D eigenvalue weighted by Gasteiger charge is 2.36. The first-order valence-corrected chi connectivity index (χ1v) is 6.60. The molecule has 98 valence electrons. The fourth-order valence-electron chi connectivity index (χ4n) is 2.53. The molecule has 1 aliphatic heterocycles. The van der Waals surface area contributed by atoms with Gasteiger partial charge in [-0.2, -0.15) is 0 Å². The minimum atomic E-state index is -0.253. The van der Waals surface area contributed by atoms with Crippen molar-refractivity contribution < 1.29 is 4.79 Å². The average Bonchev–Trinajstić information content (AvgIpc) is 2.78. The largest absolute Gasteiger partial charge is 0.349 e. The van der Waals surface area contributed by atoms with Crippen LogP contribution in [0, 0.1) is 12.3 Å². The minimum Gasteiger partial charge on any atom is -0.349 e. The molecule has 0 saturated carbocycles. The highest BCUT2D eigenvalue weighted by Crippen LogP contribution is 2.26. The molecule has 0 bridgehead atoms. The monoisotopic (exact) mass is 246 g/mol. The highest BCUT2D eigenvalue weighted by atomic mass is 16.2. The van der Waals surface area contributed by atoms with Crippen LogP contribution >= 0.6 is 0 Å². The summed E-state index contributed by atoms with van der Waals surface area (Å²) in [6.45, 7) is 7.87. The number of carbonyl (C=O) groups is 1. The van der Waals surface area contributed by atoms with Crippen LogP contribution in [0.2, 0.25) is 0 Å². The van der Waals surface area contributed by atoms with Crippen molar-refractivity contribution in [3.8, 4) is 0 Å². The van der Waals surface area contributed by atoms with Crippen LogP contribution < -0.4 is 10.6 Å². The Morgan fingerprint density at radius 3 is 2.78 bits per heavy atom. The fourth-order valence-corrected chi connectivity index (χ4v) is 2.53. The smallest absolute Gasteiger partial charge is 0.227 e. The molecule has 3 nitrogen and oxygen atoms in total. The molecule has 1 aromatic rings. The first-order chi connectivity index (χ1) is 8.53. The van der Waals surface area contributed by atoms with Gasteiger partial charge in [0.05, 0.1) is 11.5 Å². The van der Waals surface area contributed by atoms with Crippen LogP contribution in [0.1, 0.15) is 37.4 Å². The van der Waals surface area contributed by atoms with Gasteiger partial charge in [0.25, 0.3) is 0 Å². The van der Waals surface area contributed by atoms with Crippen molar-refractivity contribution in [2.75, 3.05) is 13.1 Å². The number of hydrogen-bond donors (Lipinski definition) is 2. The molecular weight excluding hydrogens is 224 g/mol. The van der Waals surface area contributed by atoms with E-state index in [0.29, 0.717) is 0 Å². The molecule has 18 heavy (non-hydrogen) atoms. The van der Waals surface area contributed by atoms with Gasteiger partial charge in [0.15, 0.2) is 0 Å². The van der Waals surface area contributed by atoms with Crippen molar-refractivity contribution in [1.29, 1.82) is 0 Å². The topological polar surface area (TPSA) is 41.1 Å². The van der Waals surface area contributed by atoms with Crippen LogP contribution in [0.15, 0.2) is 24.3 Å². The highest BCUT2D eigenvalue weighted by molar-refractivity contribution is 5.83. The normalized spacial score (nSPS) is 24.8. The standard InChI is InChI=1S/C15H22N2O/c1-11-6-4-5-7-13(11)12(2)17-14(18)15(3)8-9-16-10-15/h4-7,12,16H,8-10H2,1-3H3,(H,17,18)/t12-,15?/m0/s1. The van der Waals surface area contributed by atoms with Gasteiger partial charge in [0, 0.05) is 6.54 Å². The Kier molecular flexibility index (Phi) is 3.71. The van der Waals surface area contributed by atoms with Crippen LogP contribution in [0.4, 0.5) is 0 Å². The summed E-state index contributed by atoms with van der Waals surface area (Å²) in [7, 11) is 0. The number of amides is 1. The molecular formula is C15H22N2O. The van der Waals surface area contributed by atoms with E-state index >= 15 is 0 Å². The van der Waals surface area contributed by atoms with Gasteiger partial charge in [-0.1, -0.05) is 24.3 Å². The number of carbonyl (C=O) groups excluding carboxylic acids is 1. The Hall–Kier alpha value is -1.35. The van der Waals surface area contributed by atoms with E-state index in [1.165, 1.54) is 11.1 Å². The number of aryl methyl sites for hydroxylation is 1. The van der Waals surface area contributed by atoms with Gasteiger partial charge in [-0.3, -0.25) is 4.79 Å². The van der Waals surface area contributed by atoms with Crippen molar-refractivity contribution in [2.45, 2.75) is 33.2 Å². The van der Waals surface area contributed by atoms with Gasteiger partial charge in [0.2, 0.25) is 5.91 Å². The summed E-state index contributed by atoms with van der Waals surface area (Å²) in [5, 5.41) is 6.40. The summed E-state index contributed by atoms with van der Waals surface area (Å²) in [6, 6.07) is 8.27. The second-order valence-electron chi connectivity index (χ2n) is 5.54. The third-order valence-electron chi connectivity index (χ3n) is 3.92. The minimum absolute atomic E-state index is 0.0659. The molecule has 3 heteroatoms. The van der Waals surface area contributed by atoms with Crippen molar-refractivity contribution in [1.82, 2.24) is 10.6 Å². The first kappa shape index (κ1) is 13.1. The van der Waals surface area contributed by atoms with E-state index in [2.05, 4.69) is 29.7 Å². The number of hydrogen-bond acceptors (Lipinski definition) is 2. The van der Waals surface area contributed by atoms with E-state index in [4.69, 9.17) is 0 Å². The van der Waals surface area contributed by atoms with E-state index in [1.807, 2.05) is 26.0 Å². The lowest BCUT2D eigenvalue weighted by atomic mass is 9.88. The van der Waals surface area contributed by atoms with Gasteiger partial charge in [-0.05, 0) is 44.9 Å². The van der Waals surface area contributed by atoms with Crippen LogP contribution in [-0.4, -0.2) is 19.0 Å². The maximum atomic E-state index is 12.3. The van der Waals surface area contributed by atoms with Gasteiger partial charge < -0.3 is 10.6 Å². The van der Waals surface area contributed by atoms with Crippen molar-refractivity contribution in [3.63, 3.8) is 0 Å². The quantitative estimate of drug-likeness (QED) is 0.858. The maximum Gasteiger partial charge on any atom is 0.227 e. The summed E-state index contributed by atoms with van der Waals surface area (Å²) in [4.78, 5) is 12.3. The molecule has 1 saturated heterocycles. The summed E-state index contributed by atoms with van der Waals surface area (Å²) in [6.07, 6.45) is 0.916. The Morgan fingerprint density at radius 2 is 2.17 bits per heavy atom. The van der Waals surface area contributed by atoms with Gasteiger partial charge in [-0.15, -0.1) is 0 Å². The fraction of sp³-hybridized carbons (Fsp3) is 0.533. The molecule has 1 aliphatic rings. The summed E-state index contributed by atoms with van der Waals surface area (Å²) >= 11 is 0. The van der Waals surface area contributed by atoms with E-state index in [9.17, 15) is 4.79 Å². The van der Waals surface area contributed by atoms with E-state index in [0.717, 1.165) is 19.5 Å². The predicted octanol–water partition coefficient (Wildman–Crippen LogP) is 2.17. The lowest BCUT2D eigenvalue weighted by Gasteiger charge is -2.25. The lowest BCUT2D eigenvalue weighted by Crippen LogP contribution is -2.41. The molecule has 0 aromatic heterocycles. The lowest BCUT2D eigenvalue weighted by molar-refractivity contribution is -0.129. The van der Waals surface area contributed by atoms with Gasteiger partial charge in [0.1, 0.15) is 0 Å². The SMILES string of the molecule is Cc1ccccc1[C@H](C)NC(=O)C1(C)CCNC1. The van der Waals surface area contributed by atoms with Crippen molar-refractivity contribution in [3.05, 3.63) is 35.4 Å². The number of nitrogens with one attached hydrogen (secondary N) is 2. The zero-order valence-corrected chi connectivity index (χ0v) is 11.4. The van der Waals surface area contributed by atoms with Crippen molar-refractivity contribution in [2.24, 2.45) is 5.41 Å². The van der Waals surface area contributed by atoms with E-state index in [1.54, 1.807) is 0 Å². The van der Waals surface area contributed by atoms with E-state index < -0.39 is 0 Å². The average molecular weight is 246 g/mol. The first-order valence-electron chi connectivity index (χ1n) is 6.60. The summed E-state index contributed by atoms with van der Waals surface area (Å²) in [5.41, 5.74) is 2.16. The Morgan fingerprint density at radius 1 is 1.44 bits per heavy atom. The Balaban J connectivity index is 2.06. The molecule has 1 unspecified atom stereocenters. The molecule has 2 rings (SSSR count). The Labute approximate surface area is 109 Å². The second kappa shape index (κ2) is 5.11. The number of rotatable bonds is 3. The van der Waals surface area contributed by atoms with Crippen LogP contribution in [0.3, 0.4) is 0 Å². The second-order valence-corrected chi connectivity index (χ2v) is 5.54. The van der Waals surface area contributed by atoms with Crippen molar-refractivity contribution >= 4 is 5.91 Å². The molecule has 0 radical (unpaired) electrons. The van der Waals surface area contributed by atoms with E-state index in [-0.39, 0.29) is 17.4 Å². The molecule has 2 atom stereocenters. The van der Waals surface area contributed by atoms with Crippen LogP contribution in [-0.2, 0) is 4.79 Å². The third kappa shape index (κ3) is 2.56. The maximum absolute atomic E-state index is 12.3. The molecule has 1 amide bonds. The van der Waals surface area contributed by atoms with Gasteiger partial charge >= 0.3 is 0 Å². The van der Waals surface area contributed by atoms with Gasteiger partial charge in [-0.25, -0.2) is 0 Å². The number of benzene rings is 1. The zero-order valence-electron chi connectivity index (χ0n) is 11.4. The molecule has 1 fully saturated rings. The molecule has 2 N–H and O–H groups in total. The summed E-state index contributed by atoms with van der Waals surface area (Å²) in [5.74, 6) is 0.156. The summed E-state index contributed by atoms with van der Waals surface area (Å²) < 4.78 is 0. The third-order valence-corrected chi connectivity index (χ3v) is 3.92. The zero-order chi connectivity index (χ0) is 13.2.